The van der Waals surface area contributed by atoms with Gasteiger partial charge in [-0.05, 0) is 19.3 Å². The van der Waals surface area contributed by atoms with Crippen LogP contribution in [0.2, 0.25) is 0 Å². The Morgan fingerprint density at radius 2 is 1.92 bits per heavy atom. The monoisotopic (exact) mass is 180 g/mol. The van der Waals surface area contributed by atoms with Gasteiger partial charge < -0.3 is 0 Å². The zero-order valence-electron chi connectivity index (χ0n) is 7.92. The molecule has 0 bridgehead atoms. The summed E-state index contributed by atoms with van der Waals surface area (Å²) in [4.78, 5) is 20.6. The minimum absolute atomic E-state index is 0.112. The Hall–Kier alpha value is -1.14. The van der Waals surface area contributed by atoms with Crippen molar-refractivity contribution in [2.24, 2.45) is 0 Å². The molecule has 2 heteroatoms. The van der Waals surface area contributed by atoms with Gasteiger partial charge in [-0.2, -0.15) is 0 Å². The Balaban J connectivity index is 3.20. The van der Waals surface area contributed by atoms with Crippen molar-refractivity contribution in [3.8, 4) is 0 Å². The van der Waals surface area contributed by atoms with Gasteiger partial charge in [-0.1, -0.05) is 18.9 Å². The Labute approximate surface area is 79.3 Å². The molecule has 0 fully saturated rings. The van der Waals surface area contributed by atoms with Crippen LogP contribution in [0.4, 0.5) is 0 Å². The quantitative estimate of drug-likeness (QED) is 0.249. The molecule has 0 rings (SSSR count). The van der Waals surface area contributed by atoms with Crippen LogP contribution in [0, 0.1) is 0 Å². The zero-order valence-corrected chi connectivity index (χ0v) is 7.92. The molecule has 72 valence electrons. The summed E-state index contributed by atoms with van der Waals surface area (Å²) in [6.07, 6.45) is 8.58. The molecule has 0 unspecified atom stereocenters. The van der Waals surface area contributed by atoms with E-state index in [4.69, 9.17) is 0 Å². The summed E-state index contributed by atoms with van der Waals surface area (Å²) < 4.78 is 0. The number of unbranched alkanes of at least 4 members (excludes halogenated alkanes) is 4. The molecule has 0 aromatic heterocycles. The first-order valence-electron chi connectivity index (χ1n) is 4.66. The number of hydrogen-bond acceptors (Lipinski definition) is 2. The third-order valence-corrected chi connectivity index (χ3v) is 1.80. The molecule has 0 amide bonds. The molecule has 0 aliphatic carbocycles. The Bertz CT molecular complexity index is 200. The number of ketones is 1. The molecule has 0 saturated carbocycles. The minimum atomic E-state index is -0.112. The summed E-state index contributed by atoms with van der Waals surface area (Å²) in [5, 5.41) is 0. The molecule has 0 saturated heterocycles. The highest BCUT2D eigenvalue weighted by Crippen LogP contribution is 2.05. The highest BCUT2D eigenvalue weighted by atomic mass is 16.1. The van der Waals surface area contributed by atoms with E-state index in [-0.39, 0.29) is 5.78 Å². The molecule has 2 nitrogen and oxygen atoms in total. The van der Waals surface area contributed by atoms with Gasteiger partial charge in [0.25, 0.3) is 0 Å². The normalized spacial score (nSPS) is 8.92. The van der Waals surface area contributed by atoms with Crippen molar-refractivity contribution >= 4 is 11.7 Å². The summed E-state index contributed by atoms with van der Waals surface area (Å²) in [6.45, 7) is 3.63. The van der Waals surface area contributed by atoms with Crippen LogP contribution in [0.25, 0.3) is 0 Å². The van der Waals surface area contributed by atoms with Crippen LogP contribution in [0.1, 0.15) is 38.5 Å². The van der Waals surface area contributed by atoms with Gasteiger partial charge in [0.15, 0.2) is 5.78 Å². The molecule has 0 aliphatic rings. The predicted molar refractivity (Wildman–Crippen MR) is 53.2 cm³/mol. The molecule has 0 spiro atoms. The van der Waals surface area contributed by atoms with E-state index in [1.807, 2.05) is 6.08 Å². The molecule has 0 aliphatic heterocycles. The Morgan fingerprint density at radius 1 is 1.23 bits per heavy atom. The number of rotatable bonds is 8. The average molecular weight is 180 g/mol. The third-order valence-electron chi connectivity index (χ3n) is 1.80. The fourth-order valence-electron chi connectivity index (χ4n) is 1.08. The van der Waals surface area contributed by atoms with E-state index in [0.29, 0.717) is 6.42 Å². The first-order chi connectivity index (χ1) is 6.31. The maximum Gasteiger partial charge on any atom is 0.166 e. The summed E-state index contributed by atoms with van der Waals surface area (Å²) in [5.74, 6) is 1.38. The molecule has 0 aromatic rings. The summed E-state index contributed by atoms with van der Waals surface area (Å²) in [7, 11) is 0. The van der Waals surface area contributed by atoms with Crippen molar-refractivity contribution in [3.63, 3.8) is 0 Å². The fraction of sp³-hybridized carbons (Fsp3) is 0.545. The van der Waals surface area contributed by atoms with E-state index in [1.54, 1.807) is 0 Å². The van der Waals surface area contributed by atoms with Gasteiger partial charge in [0.2, 0.25) is 0 Å². The molecule has 0 N–H and O–H groups in total. The minimum Gasteiger partial charge on any atom is -0.294 e. The maximum atomic E-state index is 10.8. The molecule has 13 heavy (non-hydrogen) atoms. The van der Waals surface area contributed by atoms with Crippen LogP contribution in [-0.2, 0) is 9.59 Å². The summed E-state index contributed by atoms with van der Waals surface area (Å²) >= 11 is 0. The number of hydrogen-bond donors (Lipinski definition) is 0. The second kappa shape index (κ2) is 8.95. The topological polar surface area (TPSA) is 34.1 Å². The van der Waals surface area contributed by atoms with Gasteiger partial charge in [-0.3, -0.25) is 4.79 Å². The van der Waals surface area contributed by atoms with E-state index in [2.05, 4.69) is 6.58 Å². The van der Waals surface area contributed by atoms with Gasteiger partial charge in [0.1, 0.15) is 5.94 Å². The van der Waals surface area contributed by atoms with Gasteiger partial charge in [-0.15, -0.1) is 6.58 Å². The molecular formula is C11H16O2. The third kappa shape index (κ3) is 8.77. The highest BCUT2D eigenvalue weighted by molar-refractivity contribution is 5.95. The lowest BCUT2D eigenvalue weighted by molar-refractivity contribution is -0.114. The lowest BCUT2D eigenvalue weighted by Gasteiger charge is -1.96. The van der Waals surface area contributed by atoms with Crippen LogP contribution in [0.3, 0.4) is 0 Å². The highest BCUT2D eigenvalue weighted by Gasteiger charge is 1.96. The van der Waals surface area contributed by atoms with E-state index < -0.39 is 0 Å². The van der Waals surface area contributed by atoms with Crippen LogP contribution in [0.5, 0.6) is 0 Å². The molecule has 0 radical (unpaired) electrons. The zero-order chi connectivity index (χ0) is 9.94. The van der Waals surface area contributed by atoms with Gasteiger partial charge in [-0.25, -0.2) is 4.79 Å². The second-order valence-electron chi connectivity index (χ2n) is 2.97. The molecule has 0 heterocycles. The number of carbonyl (C=O) groups is 1. The first-order valence-corrected chi connectivity index (χ1v) is 4.66. The lowest BCUT2D eigenvalue weighted by Crippen LogP contribution is -1.92. The number of allylic oxidation sites excluding steroid dienone is 2. The van der Waals surface area contributed by atoms with E-state index >= 15 is 0 Å². The van der Waals surface area contributed by atoms with Gasteiger partial charge in [0, 0.05) is 6.42 Å². The Morgan fingerprint density at radius 3 is 2.54 bits per heavy atom. The van der Waals surface area contributed by atoms with Gasteiger partial charge in [0.05, 0.1) is 6.08 Å². The van der Waals surface area contributed by atoms with Crippen molar-refractivity contribution in [2.45, 2.75) is 38.5 Å². The Kier molecular flexibility index (Phi) is 8.17. The molecular weight excluding hydrogens is 164 g/mol. The van der Waals surface area contributed by atoms with Crippen LogP contribution in [-0.4, -0.2) is 11.7 Å². The fourth-order valence-corrected chi connectivity index (χ4v) is 1.08. The standard InChI is InChI=1S/C11H16O2/c1-2-3-4-5-6-7-8-11(13)9-10-12/h2,9H,1,3-8H2. The van der Waals surface area contributed by atoms with Crippen molar-refractivity contribution < 1.29 is 9.59 Å². The van der Waals surface area contributed by atoms with Crippen molar-refractivity contribution in [1.82, 2.24) is 0 Å². The molecule has 0 aromatic carbocycles. The van der Waals surface area contributed by atoms with Crippen LogP contribution >= 0.6 is 0 Å². The largest absolute Gasteiger partial charge is 0.294 e. The van der Waals surface area contributed by atoms with Crippen molar-refractivity contribution in [1.29, 1.82) is 0 Å². The lowest BCUT2D eigenvalue weighted by atomic mass is 10.1. The number of carbonyl (C=O) groups excluding carboxylic acids is 2. The SMILES string of the molecule is C=CCCCCCCC(=O)C=C=O. The van der Waals surface area contributed by atoms with Crippen molar-refractivity contribution in [2.75, 3.05) is 0 Å². The van der Waals surface area contributed by atoms with E-state index in [0.717, 1.165) is 38.2 Å². The first kappa shape index (κ1) is 11.9. The summed E-state index contributed by atoms with van der Waals surface area (Å²) in [6, 6.07) is 0. The average Bonchev–Trinajstić information content (AvgIpc) is 2.11. The second-order valence-corrected chi connectivity index (χ2v) is 2.97. The predicted octanol–water partition coefficient (Wildman–Crippen LogP) is 2.47. The van der Waals surface area contributed by atoms with Crippen molar-refractivity contribution in [3.05, 3.63) is 18.7 Å². The smallest absolute Gasteiger partial charge is 0.166 e. The van der Waals surface area contributed by atoms with E-state index in [9.17, 15) is 9.59 Å². The van der Waals surface area contributed by atoms with Crippen LogP contribution in [0.15, 0.2) is 18.7 Å². The van der Waals surface area contributed by atoms with E-state index in [1.165, 1.54) is 5.94 Å². The summed E-state index contributed by atoms with van der Waals surface area (Å²) in [5.41, 5.74) is 0. The van der Waals surface area contributed by atoms with Gasteiger partial charge >= 0.3 is 0 Å². The maximum absolute atomic E-state index is 10.8. The molecule has 0 atom stereocenters. The van der Waals surface area contributed by atoms with Crippen LogP contribution < -0.4 is 0 Å².